The third kappa shape index (κ3) is 3.24. The highest BCUT2D eigenvalue weighted by Gasteiger charge is 2.20. The zero-order valence-corrected chi connectivity index (χ0v) is 15.6. The molecule has 1 aromatic heterocycles. The van der Waals surface area contributed by atoms with Crippen LogP contribution in [0.4, 0.5) is 0 Å². The second-order valence-electron chi connectivity index (χ2n) is 6.37. The van der Waals surface area contributed by atoms with E-state index in [2.05, 4.69) is 60.1 Å². The first-order chi connectivity index (χ1) is 13.3. The van der Waals surface area contributed by atoms with E-state index in [0.29, 0.717) is 0 Å². The monoisotopic (exact) mass is 354 g/mol. The third-order valence-corrected chi connectivity index (χ3v) is 4.75. The molecule has 0 aliphatic heterocycles. The molecule has 4 rings (SSSR count). The van der Waals surface area contributed by atoms with E-state index >= 15 is 0 Å². The molecule has 0 saturated heterocycles. The van der Waals surface area contributed by atoms with E-state index in [-0.39, 0.29) is 0 Å². The Morgan fingerprint density at radius 3 is 2.00 bits per heavy atom. The van der Waals surface area contributed by atoms with Crippen LogP contribution < -0.4 is 4.74 Å². The Bertz CT molecular complexity index is 1020. The molecular weight excluding hydrogens is 332 g/mol. The van der Waals surface area contributed by atoms with Crippen LogP contribution in [0.5, 0.6) is 5.75 Å². The second kappa shape index (κ2) is 7.50. The van der Waals surface area contributed by atoms with E-state index in [9.17, 15) is 0 Å². The van der Waals surface area contributed by atoms with E-state index in [4.69, 9.17) is 9.84 Å². The maximum Gasteiger partial charge on any atom is 0.118 e. The van der Waals surface area contributed by atoms with Crippen molar-refractivity contribution in [3.05, 3.63) is 90.5 Å². The lowest BCUT2D eigenvalue weighted by Crippen LogP contribution is -1.99. The first-order valence-corrected chi connectivity index (χ1v) is 9.19. The van der Waals surface area contributed by atoms with Crippen LogP contribution in [0.2, 0.25) is 0 Å². The minimum absolute atomic E-state index is 0.850. The largest absolute Gasteiger partial charge is 0.497 e. The van der Waals surface area contributed by atoms with Gasteiger partial charge in [-0.05, 0) is 42.8 Å². The van der Waals surface area contributed by atoms with Gasteiger partial charge in [0.15, 0.2) is 0 Å². The lowest BCUT2D eigenvalue weighted by Gasteiger charge is -2.09. The van der Waals surface area contributed by atoms with Crippen LogP contribution in [0.3, 0.4) is 0 Å². The van der Waals surface area contributed by atoms with Gasteiger partial charge in [-0.3, -0.25) is 0 Å². The van der Waals surface area contributed by atoms with Crippen LogP contribution >= 0.6 is 0 Å². The molecule has 3 nitrogen and oxygen atoms in total. The molecular formula is C24H22N2O. The molecule has 0 N–H and O–H groups in total. The Kier molecular flexibility index (Phi) is 4.75. The molecule has 0 saturated carbocycles. The average molecular weight is 354 g/mol. The highest BCUT2D eigenvalue weighted by Crippen LogP contribution is 2.35. The molecule has 0 aliphatic rings. The normalized spacial score (nSPS) is 10.7. The van der Waals surface area contributed by atoms with Gasteiger partial charge in [0.2, 0.25) is 0 Å². The number of benzene rings is 3. The van der Waals surface area contributed by atoms with E-state index in [1.807, 2.05) is 36.4 Å². The Hall–Kier alpha value is -3.33. The molecule has 0 spiro atoms. The molecule has 134 valence electrons. The Balaban J connectivity index is 1.96. The Morgan fingerprint density at radius 1 is 0.778 bits per heavy atom. The third-order valence-electron chi connectivity index (χ3n) is 4.75. The molecule has 0 amide bonds. The summed E-state index contributed by atoms with van der Waals surface area (Å²) >= 11 is 0. The summed E-state index contributed by atoms with van der Waals surface area (Å²) in [5.74, 6) is 0.850. The molecule has 0 aliphatic carbocycles. The number of aromatic nitrogens is 2. The number of hydrogen-bond acceptors (Lipinski definition) is 2. The predicted octanol–water partition coefficient (Wildman–Crippen LogP) is 5.78. The first kappa shape index (κ1) is 17.1. The average Bonchev–Trinajstić information content (AvgIpc) is 3.14. The van der Waals surface area contributed by atoms with E-state index in [1.165, 1.54) is 11.1 Å². The number of hydrogen-bond donors (Lipinski definition) is 0. The highest BCUT2D eigenvalue weighted by atomic mass is 16.5. The molecule has 1 heterocycles. The van der Waals surface area contributed by atoms with E-state index in [1.54, 1.807) is 7.11 Å². The molecule has 27 heavy (non-hydrogen) atoms. The summed E-state index contributed by atoms with van der Waals surface area (Å²) in [6.07, 6.45) is 0.901. The maximum absolute atomic E-state index is 5.30. The smallest absolute Gasteiger partial charge is 0.118 e. The van der Waals surface area contributed by atoms with Crippen molar-refractivity contribution < 1.29 is 4.74 Å². The van der Waals surface area contributed by atoms with Crippen LogP contribution in [0.15, 0.2) is 84.9 Å². The zero-order valence-electron chi connectivity index (χ0n) is 15.6. The van der Waals surface area contributed by atoms with Gasteiger partial charge in [-0.25, -0.2) is 4.68 Å². The van der Waals surface area contributed by atoms with Crippen LogP contribution in [-0.2, 0) is 6.42 Å². The van der Waals surface area contributed by atoms with Crippen LogP contribution in [0, 0.1) is 0 Å². The fraction of sp³-hybridized carbons (Fsp3) is 0.125. The molecule has 0 fully saturated rings. The number of ether oxygens (including phenoxy) is 1. The summed E-state index contributed by atoms with van der Waals surface area (Å²) in [6, 6.07) is 28.9. The van der Waals surface area contributed by atoms with Gasteiger partial charge in [-0.15, -0.1) is 0 Å². The summed E-state index contributed by atoms with van der Waals surface area (Å²) in [6.45, 7) is 2.19. The van der Waals surface area contributed by atoms with Crippen LogP contribution in [0.1, 0.15) is 12.5 Å². The van der Waals surface area contributed by atoms with Gasteiger partial charge in [0.05, 0.1) is 24.2 Å². The molecule has 0 radical (unpaired) electrons. The lowest BCUT2D eigenvalue weighted by atomic mass is 10.00. The van der Waals surface area contributed by atoms with Gasteiger partial charge in [0, 0.05) is 16.7 Å². The fourth-order valence-electron chi connectivity index (χ4n) is 3.41. The number of rotatable bonds is 5. The summed E-state index contributed by atoms with van der Waals surface area (Å²) < 4.78 is 7.37. The van der Waals surface area contributed by atoms with Crippen molar-refractivity contribution in [2.24, 2.45) is 0 Å². The van der Waals surface area contributed by atoms with Crippen molar-refractivity contribution in [1.29, 1.82) is 0 Å². The summed E-state index contributed by atoms with van der Waals surface area (Å²) in [5, 5.41) is 5.03. The van der Waals surface area contributed by atoms with Gasteiger partial charge >= 0.3 is 0 Å². The lowest BCUT2D eigenvalue weighted by molar-refractivity contribution is 0.415. The minimum Gasteiger partial charge on any atom is -0.497 e. The molecule has 0 bridgehead atoms. The zero-order chi connectivity index (χ0) is 18.6. The SMILES string of the molecule is CCc1c(-c2ccc(OC)cc2)nn(-c2ccccc2)c1-c1ccccc1. The van der Waals surface area contributed by atoms with Gasteiger partial charge in [-0.1, -0.05) is 55.5 Å². The predicted molar refractivity (Wildman–Crippen MR) is 110 cm³/mol. The highest BCUT2D eigenvalue weighted by molar-refractivity contribution is 5.76. The van der Waals surface area contributed by atoms with Gasteiger partial charge in [0.25, 0.3) is 0 Å². The maximum atomic E-state index is 5.30. The molecule has 3 heteroatoms. The van der Waals surface area contributed by atoms with Crippen molar-refractivity contribution in [1.82, 2.24) is 9.78 Å². The van der Waals surface area contributed by atoms with Crippen molar-refractivity contribution in [2.45, 2.75) is 13.3 Å². The summed E-state index contributed by atoms with van der Waals surface area (Å²) in [4.78, 5) is 0. The Morgan fingerprint density at radius 2 is 1.41 bits per heavy atom. The van der Waals surface area contributed by atoms with Crippen molar-refractivity contribution >= 4 is 0 Å². The quantitative estimate of drug-likeness (QED) is 0.454. The van der Waals surface area contributed by atoms with Crippen LogP contribution in [-0.4, -0.2) is 16.9 Å². The standard InChI is InChI=1S/C24H22N2O/c1-3-22-23(18-14-16-21(27-2)17-15-18)25-26(20-12-8-5-9-13-20)24(22)19-10-6-4-7-11-19/h4-17H,3H2,1-2H3. The van der Waals surface area contributed by atoms with Gasteiger partial charge in [-0.2, -0.15) is 5.10 Å². The fourth-order valence-corrected chi connectivity index (χ4v) is 3.41. The van der Waals surface area contributed by atoms with E-state index < -0.39 is 0 Å². The van der Waals surface area contributed by atoms with Crippen molar-refractivity contribution in [3.63, 3.8) is 0 Å². The summed E-state index contributed by atoms with van der Waals surface area (Å²) in [7, 11) is 1.68. The topological polar surface area (TPSA) is 27.1 Å². The van der Waals surface area contributed by atoms with Crippen molar-refractivity contribution in [3.8, 4) is 34.0 Å². The first-order valence-electron chi connectivity index (χ1n) is 9.19. The van der Waals surface area contributed by atoms with Gasteiger partial charge < -0.3 is 4.74 Å². The minimum atomic E-state index is 0.850. The summed E-state index contributed by atoms with van der Waals surface area (Å²) in [5.41, 5.74) is 6.74. The second-order valence-corrected chi connectivity index (χ2v) is 6.37. The number of methoxy groups -OCH3 is 1. The molecule has 0 atom stereocenters. The number of nitrogens with zero attached hydrogens (tertiary/aromatic N) is 2. The molecule has 3 aromatic carbocycles. The van der Waals surface area contributed by atoms with Gasteiger partial charge in [0.1, 0.15) is 5.75 Å². The van der Waals surface area contributed by atoms with E-state index in [0.717, 1.165) is 34.8 Å². The Labute approximate surface area is 159 Å². The molecule has 0 unspecified atom stereocenters. The van der Waals surface area contributed by atoms with Crippen molar-refractivity contribution in [2.75, 3.05) is 7.11 Å². The van der Waals surface area contributed by atoms with Crippen LogP contribution in [0.25, 0.3) is 28.2 Å². The number of para-hydroxylation sites is 1. The molecule has 4 aromatic rings.